The van der Waals surface area contributed by atoms with Crippen LogP contribution in [0.25, 0.3) is 0 Å². The van der Waals surface area contributed by atoms with Gasteiger partial charge in [0.25, 0.3) is 0 Å². The van der Waals surface area contributed by atoms with Gasteiger partial charge in [0.15, 0.2) is 5.78 Å². The van der Waals surface area contributed by atoms with Crippen LogP contribution in [0.2, 0.25) is 0 Å². The van der Waals surface area contributed by atoms with Gasteiger partial charge in [-0.3, -0.25) is 4.79 Å². The molecule has 5 aliphatic carbocycles. The minimum absolute atomic E-state index is 0.135. The Hall–Kier alpha value is -1.38. The van der Waals surface area contributed by atoms with Crippen molar-refractivity contribution >= 4 is 11.8 Å². The number of esters is 1. The van der Waals surface area contributed by atoms with Crippen LogP contribution in [0.1, 0.15) is 58.3 Å². The van der Waals surface area contributed by atoms with E-state index in [-0.39, 0.29) is 17.0 Å². The summed E-state index contributed by atoms with van der Waals surface area (Å²) >= 11 is 0. The Bertz CT molecular complexity index is 763. The summed E-state index contributed by atoms with van der Waals surface area (Å²) in [7, 11) is 0. The summed E-state index contributed by atoms with van der Waals surface area (Å²) in [5.41, 5.74) is 1.35. The van der Waals surface area contributed by atoms with Gasteiger partial charge in [-0.05, 0) is 92.6 Å². The molecule has 1 aliphatic heterocycles. The normalized spacial score (nSPS) is 53.5. The quantitative estimate of drug-likeness (QED) is 0.664. The van der Waals surface area contributed by atoms with E-state index in [1.807, 2.05) is 6.08 Å². The van der Waals surface area contributed by atoms with E-state index in [2.05, 4.69) is 13.0 Å². The molecule has 26 heavy (non-hydrogen) atoms. The first-order chi connectivity index (χ1) is 12.6. The topological polar surface area (TPSA) is 43.4 Å². The van der Waals surface area contributed by atoms with Crippen LogP contribution in [0.3, 0.4) is 0 Å². The summed E-state index contributed by atoms with van der Waals surface area (Å²) in [5, 5.41) is 0. The van der Waals surface area contributed by atoms with Crippen molar-refractivity contribution in [3.8, 4) is 0 Å². The van der Waals surface area contributed by atoms with Gasteiger partial charge in [-0.1, -0.05) is 12.5 Å². The predicted molar refractivity (Wildman–Crippen MR) is 97.0 cm³/mol. The highest BCUT2D eigenvalue weighted by Crippen LogP contribution is 2.73. The molecule has 1 heterocycles. The third-order valence-electron chi connectivity index (χ3n) is 9.40. The van der Waals surface area contributed by atoms with Crippen LogP contribution in [0.15, 0.2) is 23.8 Å². The van der Waals surface area contributed by atoms with Crippen LogP contribution in [-0.2, 0) is 14.3 Å². The van der Waals surface area contributed by atoms with Gasteiger partial charge in [-0.25, -0.2) is 4.79 Å². The summed E-state index contributed by atoms with van der Waals surface area (Å²) in [4.78, 5) is 24.0. The predicted octanol–water partition coefficient (Wildman–Crippen LogP) is 4.23. The lowest BCUT2D eigenvalue weighted by Gasteiger charge is -2.56. The molecule has 0 radical (unpaired) electrons. The zero-order valence-electron chi connectivity index (χ0n) is 15.6. The molecule has 0 saturated heterocycles. The summed E-state index contributed by atoms with van der Waals surface area (Å²) in [6, 6.07) is 0. The van der Waals surface area contributed by atoms with Gasteiger partial charge in [0.1, 0.15) is 5.60 Å². The highest BCUT2D eigenvalue weighted by molar-refractivity contribution is 5.91. The van der Waals surface area contributed by atoms with Crippen LogP contribution in [-0.4, -0.2) is 17.4 Å². The number of carbonyl (C=O) groups is 2. The van der Waals surface area contributed by atoms with E-state index in [4.69, 9.17) is 4.74 Å². The summed E-state index contributed by atoms with van der Waals surface area (Å²) in [6.45, 7) is 2.32. The zero-order chi connectivity index (χ0) is 17.7. The molecule has 1 spiro atoms. The Kier molecular flexibility index (Phi) is 2.96. The third kappa shape index (κ3) is 1.71. The molecule has 0 amide bonds. The van der Waals surface area contributed by atoms with Gasteiger partial charge in [0.05, 0.1) is 0 Å². The summed E-state index contributed by atoms with van der Waals surface area (Å²) in [6.07, 6.45) is 14.7. The van der Waals surface area contributed by atoms with Crippen molar-refractivity contribution < 1.29 is 14.3 Å². The molecule has 4 fully saturated rings. The Labute approximate surface area is 155 Å². The Balaban J connectivity index is 1.40. The van der Waals surface area contributed by atoms with E-state index >= 15 is 0 Å². The number of allylic oxidation sites excluding steroid dienone is 1. The smallest absolute Gasteiger partial charge is 0.331 e. The molecule has 0 aromatic heterocycles. The molecule has 6 aliphatic rings. The second kappa shape index (κ2) is 4.91. The van der Waals surface area contributed by atoms with E-state index in [1.165, 1.54) is 31.3 Å². The molecule has 3 nitrogen and oxygen atoms in total. The largest absolute Gasteiger partial charge is 0.451 e. The molecular formula is C23H28O3. The highest BCUT2D eigenvalue weighted by Gasteiger charge is 2.70. The maximum atomic E-state index is 12.0. The van der Waals surface area contributed by atoms with Crippen LogP contribution in [0, 0.1) is 40.9 Å². The molecule has 0 N–H and O–H groups in total. The lowest BCUT2D eigenvalue weighted by molar-refractivity contribution is -0.165. The minimum atomic E-state index is -0.322. The Morgan fingerprint density at radius 2 is 2.00 bits per heavy atom. The lowest BCUT2D eigenvalue weighted by atomic mass is 9.49. The molecule has 3 unspecified atom stereocenters. The van der Waals surface area contributed by atoms with Crippen LogP contribution >= 0.6 is 0 Å². The van der Waals surface area contributed by atoms with Crippen LogP contribution in [0.4, 0.5) is 0 Å². The average Bonchev–Trinajstić information content (AvgIpc) is 3.27. The Morgan fingerprint density at radius 3 is 2.77 bits per heavy atom. The maximum absolute atomic E-state index is 12.0. The summed E-state index contributed by atoms with van der Waals surface area (Å²) in [5.74, 6) is 4.62. The number of hydrogen-bond donors (Lipinski definition) is 0. The van der Waals surface area contributed by atoms with Crippen molar-refractivity contribution in [1.82, 2.24) is 0 Å². The molecule has 6 rings (SSSR count). The van der Waals surface area contributed by atoms with Crippen molar-refractivity contribution in [1.29, 1.82) is 0 Å². The van der Waals surface area contributed by atoms with E-state index in [0.29, 0.717) is 23.5 Å². The number of ether oxygens (including phenoxy) is 1. The molecule has 3 heteroatoms. The third-order valence-corrected chi connectivity index (χ3v) is 9.40. The molecular weight excluding hydrogens is 324 g/mol. The van der Waals surface area contributed by atoms with Crippen molar-refractivity contribution in [3.63, 3.8) is 0 Å². The standard InChI is InChI=1S/C23H28O3/c1-2-22-8-5-15-14-4-3-13(24)11-16(14)17-12-18(17)21(15)19(22)6-9-23(22)10-7-20(25)26-23/h7,10-11,14-15,17-19,21H,2-6,8-9,12H2,1H3/t14-,15?,17-,18-,19?,21?,22+,23-/m1/s1. The fourth-order valence-electron chi connectivity index (χ4n) is 8.45. The number of hydrogen-bond acceptors (Lipinski definition) is 3. The molecule has 0 aromatic rings. The van der Waals surface area contributed by atoms with Gasteiger partial charge in [-0.15, -0.1) is 0 Å². The number of ketones is 1. The van der Waals surface area contributed by atoms with Crippen molar-refractivity contribution in [3.05, 3.63) is 23.8 Å². The number of rotatable bonds is 1. The molecule has 8 atom stereocenters. The van der Waals surface area contributed by atoms with Crippen molar-refractivity contribution in [2.45, 2.75) is 63.9 Å². The zero-order valence-corrected chi connectivity index (χ0v) is 15.6. The maximum Gasteiger partial charge on any atom is 0.331 e. The minimum Gasteiger partial charge on any atom is -0.451 e. The van der Waals surface area contributed by atoms with Gasteiger partial charge in [-0.2, -0.15) is 0 Å². The van der Waals surface area contributed by atoms with E-state index in [0.717, 1.165) is 43.4 Å². The van der Waals surface area contributed by atoms with E-state index in [1.54, 1.807) is 6.08 Å². The van der Waals surface area contributed by atoms with Crippen molar-refractivity contribution in [2.75, 3.05) is 0 Å². The molecule has 0 bridgehead atoms. The SMILES string of the molecule is CC[C@]12CCC3C(C1CC[C@@]21C=CC(=O)O1)[C@@H]1C[C@@H]1C1=CC(=O)CC[C@@H]13. The molecule has 4 saturated carbocycles. The van der Waals surface area contributed by atoms with E-state index < -0.39 is 0 Å². The first-order valence-corrected chi connectivity index (χ1v) is 10.7. The van der Waals surface area contributed by atoms with Gasteiger partial charge >= 0.3 is 5.97 Å². The Morgan fingerprint density at radius 1 is 1.12 bits per heavy atom. The van der Waals surface area contributed by atoms with Gasteiger partial charge < -0.3 is 4.74 Å². The second-order valence-electron chi connectivity index (χ2n) is 9.84. The molecule has 0 aromatic carbocycles. The molecule has 138 valence electrons. The number of carbonyl (C=O) groups excluding carboxylic acids is 2. The summed E-state index contributed by atoms with van der Waals surface area (Å²) < 4.78 is 6.02. The lowest BCUT2D eigenvalue weighted by Crippen LogP contribution is -2.54. The monoisotopic (exact) mass is 352 g/mol. The first kappa shape index (κ1) is 15.7. The van der Waals surface area contributed by atoms with Crippen LogP contribution in [0.5, 0.6) is 0 Å². The number of fused-ring (bicyclic) bond motifs is 9. The highest BCUT2D eigenvalue weighted by atomic mass is 16.6. The fraction of sp³-hybridized carbons (Fsp3) is 0.739. The second-order valence-corrected chi connectivity index (χ2v) is 9.84. The fourth-order valence-corrected chi connectivity index (χ4v) is 8.45. The van der Waals surface area contributed by atoms with Crippen LogP contribution < -0.4 is 0 Å². The van der Waals surface area contributed by atoms with Gasteiger partial charge in [0.2, 0.25) is 0 Å². The van der Waals surface area contributed by atoms with E-state index in [9.17, 15) is 9.59 Å². The first-order valence-electron chi connectivity index (χ1n) is 10.7. The van der Waals surface area contributed by atoms with Crippen molar-refractivity contribution in [2.24, 2.45) is 40.9 Å². The average molecular weight is 352 g/mol. The van der Waals surface area contributed by atoms with Gasteiger partial charge in [0, 0.05) is 17.9 Å².